The Morgan fingerprint density at radius 3 is 1.27 bits per heavy atom. The topological polar surface area (TPSA) is 212 Å². The number of carboxylic acids is 1. The minimum Gasteiger partial charge on any atom is -0.480 e. The number of carbonyl (C=O) groups excluding carboxylic acids is 5. The second kappa shape index (κ2) is 18.3. The maximum absolute atomic E-state index is 14.0. The molecule has 0 fully saturated rings. The van der Waals surface area contributed by atoms with Crippen molar-refractivity contribution in [1.82, 2.24) is 15.1 Å². The van der Waals surface area contributed by atoms with Crippen LogP contribution in [0.4, 0.5) is 0 Å². The molecular weight excluding hydrogens is 686 g/mol. The first kappa shape index (κ1) is 46.0. The van der Waals surface area contributed by atoms with Gasteiger partial charge in [0.25, 0.3) is 0 Å². The average Bonchev–Trinajstić information content (AvgIpc) is 2.78. The van der Waals surface area contributed by atoms with Crippen LogP contribution in [0.25, 0.3) is 0 Å². The predicted octanol–water partition coefficient (Wildman–Crippen LogP) is 1.59. The molecule has 0 radical (unpaired) electrons. The number of esters is 4. The molecule has 2 atom stereocenters. The highest BCUT2D eigenvalue weighted by Gasteiger charge is 2.37. The quantitative estimate of drug-likeness (QED) is 0.123. The Morgan fingerprint density at radius 1 is 0.653 bits per heavy atom. The van der Waals surface area contributed by atoms with E-state index in [4.69, 9.17) is 18.9 Å². The van der Waals surface area contributed by atoms with Crippen LogP contribution in [-0.2, 0) is 56.6 Å². The highest BCUT2D eigenvalue weighted by molar-refractivity contribution is 8.71. The molecule has 0 heterocycles. The molecule has 0 unspecified atom stereocenters. The van der Waals surface area contributed by atoms with Crippen LogP contribution in [0.1, 0.15) is 83.1 Å². The smallest absolute Gasteiger partial charge is 0.327 e. The molecule has 1 amide bonds. The van der Waals surface area contributed by atoms with Gasteiger partial charge < -0.3 is 29.4 Å². The summed E-state index contributed by atoms with van der Waals surface area (Å²) in [4.78, 5) is 80.4. The average molecular weight is 742 g/mol. The molecule has 0 aliphatic heterocycles. The van der Waals surface area contributed by atoms with Crippen molar-refractivity contribution in [3.63, 3.8) is 0 Å². The molecule has 0 rings (SSSR count). The van der Waals surface area contributed by atoms with E-state index in [0.717, 1.165) is 11.2 Å². The lowest BCUT2D eigenvalue weighted by molar-refractivity contribution is -0.166. The third-order valence-corrected chi connectivity index (χ3v) is 7.88. The van der Waals surface area contributed by atoms with E-state index >= 15 is 0 Å². The molecule has 0 spiro atoms. The maximum atomic E-state index is 14.0. The second-order valence-electron chi connectivity index (χ2n) is 15.3. The summed E-state index contributed by atoms with van der Waals surface area (Å²) in [5, 5.41) is 12.1. The monoisotopic (exact) mass is 741 g/mol. The van der Waals surface area contributed by atoms with Crippen molar-refractivity contribution in [3.05, 3.63) is 0 Å². The second-order valence-corrected chi connectivity index (χ2v) is 19.8. The molecule has 0 bridgehead atoms. The highest BCUT2D eigenvalue weighted by atomic mass is 33.1. The number of carboxylic acid groups (broad SMARTS) is 1. The highest BCUT2D eigenvalue weighted by Crippen LogP contribution is 2.16. The van der Waals surface area contributed by atoms with Crippen molar-refractivity contribution in [2.45, 2.75) is 118 Å². The summed E-state index contributed by atoms with van der Waals surface area (Å²) in [6.07, 6.45) is 0.871. The van der Waals surface area contributed by atoms with E-state index in [1.807, 2.05) is 0 Å². The lowest BCUT2D eigenvalue weighted by atomic mass is 10.1. The minimum absolute atomic E-state index is 0.289. The van der Waals surface area contributed by atoms with Gasteiger partial charge in [-0.2, -0.15) is 0 Å². The van der Waals surface area contributed by atoms with Gasteiger partial charge in [-0.25, -0.2) is 13.2 Å². The number of hydrogen-bond acceptors (Lipinski definition) is 15. The Kier molecular flexibility index (Phi) is 17.2. The molecule has 16 nitrogen and oxygen atoms in total. The molecule has 0 aromatic rings. The summed E-state index contributed by atoms with van der Waals surface area (Å²) in [5.74, 6) is -6.49. The van der Waals surface area contributed by atoms with Gasteiger partial charge in [-0.1, -0.05) is 0 Å². The first-order valence-corrected chi connectivity index (χ1v) is 18.9. The third kappa shape index (κ3) is 23.9. The van der Waals surface area contributed by atoms with Gasteiger partial charge in [-0.05, 0) is 93.9 Å². The van der Waals surface area contributed by atoms with Crippen LogP contribution in [0.5, 0.6) is 0 Å². The van der Waals surface area contributed by atoms with Gasteiger partial charge in [0.1, 0.15) is 34.5 Å². The van der Waals surface area contributed by atoms with Crippen molar-refractivity contribution in [2.75, 3.05) is 44.7 Å². The summed E-state index contributed by atoms with van der Waals surface area (Å²) in [6.45, 7) is 16.4. The van der Waals surface area contributed by atoms with Gasteiger partial charge in [0.2, 0.25) is 5.91 Å². The zero-order valence-electron chi connectivity index (χ0n) is 31.0. The summed E-state index contributed by atoms with van der Waals surface area (Å²) >= 11 is 0. The first-order chi connectivity index (χ1) is 21.7. The van der Waals surface area contributed by atoms with Gasteiger partial charge in [0.05, 0.1) is 26.2 Å². The largest absolute Gasteiger partial charge is 0.480 e. The minimum atomic E-state index is -3.71. The molecular formula is C31H55N3O13S2. The molecule has 49 heavy (non-hydrogen) atoms. The van der Waals surface area contributed by atoms with Crippen LogP contribution < -0.4 is 5.32 Å². The molecule has 0 aliphatic rings. The van der Waals surface area contributed by atoms with Crippen molar-refractivity contribution in [2.24, 2.45) is 0 Å². The maximum Gasteiger partial charge on any atom is 0.327 e. The Balaban J connectivity index is 7.09. The van der Waals surface area contributed by atoms with E-state index in [0.29, 0.717) is 0 Å². The fourth-order valence-electron chi connectivity index (χ4n) is 3.90. The van der Waals surface area contributed by atoms with Crippen molar-refractivity contribution in [1.29, 1.82) is 0 Å². The number of rotatable bonds is 17. The number of nitrogens with zero attached hydrogens (tertiary/aromatic N) is 2. The fourth-order valence-corrected chi connectivity index (χ4v) is 5.66. The molecule has 18 heteroatoms. The van der Waals surface area contributed by atoms with E-state index in [-0.39, 0.29) is 10.8 Å². The molecule has 0 aromatic heterocycles. The van der Waals surface area contributed by atoms with E-state index in [9.17, 15) is 42.3 Å². The van der Waals surface area contributed by atoms with Gasteiger partial charge >= 0.3 is 29.8 Å². The number of aliphatic carboxylic acids is 1. The molecule has 0 saturated heterocycles. The van der Waals surface area contributed by atoms with E-state index < -0.39 is 118 Å². The van der Waals surface area contributed by atoms with Crippen LogP contribution in [0.3, 0.4) is 0 Å². The lowest BCUT2D eigenvalue weighted by Crippen LogP contribution is -2.59. The van der Waals surface area contributed by atoms with E-state index in [2.05, 4.69) is 5.32 Å². The first-order valence-electron chi connectivity index (χ1n) is 15.5. The number of carbonyl (C=O) groups is 6. The standard InChI is InChI=1S/C31H55N3O13S2/c1-28(2,3)44-22(35)15-33(16-23(36)45-29(4,5)6)14-21(26(39)32-20(27(40)41)19-48-49(13,42)43)34(17-24(37)46-30(7,8)9)18-25(38)47-31(10,11)12/h20-21H,14-19H2,1-13H3,(H,32,39)(H,40,41)/t20-,21+/m0/s1. The molecule has 284 valence electrons. The van der Waals surface area contributed by atoms with Crippen LogP contribution in [0.2, 0.25) is 0 Å². The van der Waals surface area contributed by atoms with Crippen LogP contribution in [-0.4, -0.2) is 138 Å². The number of nitrogens with one attached hydrogen (secondary N) is 1. The van der Waals surface area contributed by atoms with Crippen molar-refractivity contribution >= 4 is 55.4 Å². The molecule has 0 saturated carbocycles. The fraction of sp³-hybridized carbons (Fsp3) is 0.806. The zero-order valence-corrected chi connectivity index (χ0v) is 32.6. The lowest BCUT2D eigenvalue weighted by Gasteiger charge is -2.35. The Hall–Kier alpha value is -2.96. The number of ether oxygens (including phenoxy) is 4. The normalized spacial score (nSPS) is 14.1. The summed E-state index contributed by atoms with van der Waals surface area (Å²) in [5.41, 5.74) is -3.78. The molecule has 0 aliphatic carbocycles. The van der Waals surface area contributed by atoms with Crippen LogP contribution in [0, 0.1) is 0 Å². The SMILES string of the molecule is CC(C)(C)OC(=O)CN(CC(=O)OC(C)(C)C)C[C@H](C(=O)N[C@@H](CSS(C)(=O)=O)C(=O)O)N(CC(=O)OC(C)(C)C)CC(=O)OC(C)(C)C. The Morgan fingerprint density at radius 2 is 0.980 bits per heavy atom. The van der Waals surface area contributed by atoms with Gasteiger partial charge in [-0.3, -0.25) is 33.8 Å². The zero-order chi connectivity index (χ0) is 38.8. The summed E-state index contributed by atoms with van der Waals surface area (Å²) < 4.78 is 45.2. The number of hydrogen-bond donors (Lipinski definition) is 2. The van der Waals surface area contributed by atoms with E-state index in [1.165, 1.54) is 4.90 Å². The van der Waals surface area contributed by atoms with Crippen LogP contribution in [0.15, 0.2) is 0 Å². The van der Waals surface area contributed by atoms with Gasteiger partial charge in [-0.15, -0.1) is 0 Å². The van der Waals surface area contributed by atoms with Crippen molar-refractivity contribution < 1.29 is 61.2 Å². The Bertz CT molecular complexity index is 1230. The van der Waals surface area contributed by atoms with Gasteiger partial charge in [0.15, 0.2) is 8.87 Å². The van der Waals surface area contributed by atoms with E-state index in [1.54, 1.807) is 83.1 Å². The summed E-state index contributed by atoms with van der Waals surface area (Å²) in [7, 11) is -3.42. The number of amides is 1. The van der Waals surface area contributed by atoms with Gasteiger partial charge in [0, 0.05) is 18.6 Å². The third-order valence-electron chi connectivity index (χ3n) is 5.29. The summed E-state index contributed by atoms with van der Waals surface area (Å²) in [6, 6.07) is -3.35. The van der Waals surface area contributed by atoms with Crippen molar-refractivity contribution in [3.8, 4) is 0 Å². The molecule has 2 N–H and O–H groups in total. The predicted molar refractivity (Wildman–Crippen MR) is 182 cm³/mol. The Labute approximate surface area is 293 Å². The molecule has 0 aromatic carbocycles. The van der Waals surface area contributed by atoms with Crippen LogP contribution >= 0.6 is 10.8 Å².